The molecule has 2 nitrogen and oxygen atoms in total. The maximum atomic E-state index is 12.7. The van der Waals surface area contributed by atoms with E-state index in [1.165, 1.54) is 24.3 Å². The largest absolute Gasteiger partial charge is 0.416 e. The van der Waals surface area contributed by atoms with Gasteiger partial charge in [-0.15, -0.1) is 0 Å². The van der Waals surface area contributed by atoms with Crippen LogP contribution < -0.4 is 5.32 Å². The Morgan fingerprint density at radius 2 is 1.94 bits per heavy atom. The molecule has 1 aromatic carbocycles. The molecule has 0 radical (unpaired) electrons. The number of alkyl halides is 3. The molecule has 94 valence electrons. The molecular weight excluding hydrogens is 283 g/mol. The van der Waals surface area contributed by atoms with Crippen molar-refractivity contribution >= 4 is 40.3 Å². The molecule has 7 heteroatoms. The van der Waals surface area contributed by atoms with Crippen molar-refractivity contribution in [2.45, 2.75) is 6.18 Å². The molecule has 0 aromatic heterocycles. The summed E-state index contributed by atoms with van der Waals surface area (Å²) in [6.45, 7) is 0. The van der Waals surface area contributed by atoms with Gasteiger partial charge >= 0.3 is 6.18 Å². The Morgan fingerprint density at radius 1 is 1.28 bits per heavy atom. The highest BCUT2D eigenvalue weighted by Gasteiger charge is 2.33. The van der Waals surface area contributed by atoms with Crippen molar-refractivity contribution in [3.05, 3.63) is 40.3 Å². The minimum atomic E-state index is -4.45. The lowest BCUT2D eigenvalue weighted by Gasteiger charge is -2.09. The van der Waals surface area contributed by atoms with Crippen LogP contribution in [0.1, 0.15) is 11.1 Å². The third-order valence-electron chi connectivity index (χ3n) is 2.19. The van der Waals surface area contributed by atoms with Gasteiger partial charge in [0, 0.05) is 0 Å². The van der Waals surface area contributed by atoms with Gasteiger partial charge in [0.2, 0.25) is 0 Å². The van der Waals surface area contributed by atoms with Crippen LogP contribution >= 0.6 is 24.0 Å². The summed E-state index contributed by atoms with van der Waals surface area (Å²) in [7, 11) is 0. The second kappa shape index (κ2) is 4.74. The topological polar surface area (TPSA) is 29.1 Å². The van der Waals surface area contributed by atoms with Crippen molar-refractivity contribution in [3.63, 3.8) is 0 Å². The number of hydrogen-bond acceptors (Lipinski definition) is 3. The van der Waals surface area contributed by atoms with Gasteiger partial charge in [-0.25, -0.2) is 0 Å². The summed E-state index contributed by atoms with van der Waals surface area (Å²) in [5.74, 6) is -0.470. The molecule has 0 unspecified atom stereocenters. The van der Waals surface area contributed by atoms with Gasteiger partial charge in [0.25, 0.3) is 5.91 Å². The summed E-state index contributed by atoms with van der Waals surface area (Å²) in [4.78, 5) is 11.5. The average molecular weight is 289 g/mol. The van der Waals surface area contributed by atoms with Gasteiger partial charge in [0.15, 0.2) is 0 Å². The number of thiocarbonyl (C=S) groups is 1. The van der Waals surface area contributed by atoms with Crippen molar-refractivity contribution in [3.8, 4) is 0 Å². The maximum absolute atomic E-state index is 12.7. The third-order valence-corrected chi connectivity index (χ3v) is 3.36. The number of thioether (sulfide) groups is 1. The highest BCUT2D eigenvalue weighted by atomic mass is 32.2. The molecule has 0 aliphatic carbocycles. The van der Waals surface area contributed by atoms with Crippen LogP contribution in [0.5, 0.6) is 0 Å². The van der Waals surface area contributed by atoms with Crippen molar-refractivity contribution in [2.75, 3.05) is 0 Å². The van der Waals surface area contributed by atoms with Crippen LogP contribution in [0.4, 0.5) is 13.2 Å². The Bertz CT molecular complexity index is 551. The molecule has 1 aromatic rings. The number of hydrogen-bond donors (Lipinski definition) is 1. The minimum absolute atomic E-state index is 0.0487. The number of amides is 1. The second-order valence-electron chi connectivity index (χ2n) is 3.44. The predicted molar refractivity (Wildman–Crippen MR) is 67.8 cm³/mol. The molecule has 1 saturated heterocycles. The molecule has 1 N–H and O–H groups in total. The van der Waals surface area contributed by atoms with Crippen molar-refractivity contribution in [1.29, 1.82) is 0 Å². The van der Waals surface area contributed by atoms with Crippen LogP contribution in [0.25, 0.3) is 6.08 Å². The van der Waals surface area contributed by atoms with Gasteiger partial charge in [-0.3, -0.25) is 4.79 Å². The van der Waals surface area contributed by atoms with E-state index in [4.69, 9.17) is 12.2 Å². The smallest absolute Gasteiger partial charge is 0.307 e. The lowest BCUT2D eigenvalue weighted by atomic mass is 10.1. The van der Waals surface area contributed by atoms with Gasteiger partial charge in [0.05, 0.1) is 10.5 Å². The Kier molecular flexibility index (Phi) is 3.45. The van der Waals surface area contributed by atoms with E-state index in [0.29, 0.717) is 0 Å². The van der Waals surface area contributed by atoms with Gasteiger partial charge in [-0.1, -0.05) is 42.2 Å². The first kappa shape index (κ1) is 13.1. The van der Waals surface area contributed by atoms with Gasteiger partial charge in [-0.05, 0) is 17.7 Å². The predicted octanol–water partition coefficient (Wildman–Crippen LogP) is 3.19. The molecule has 0 atom stereocenters. The summed E-state index contributed by atoms with van der Waals surface area (Å²) in [5, 5.41) is 2.35. The number of halogens is 3. The minimum Gasteiger partial charge on any atom is -0.307 e. The van der Waals surface area contributed by atoms with E-state index in [0.717, 1.165) is 17.8 Å². The number of nitrogens with one attached hydrogen (secondary N) is 1. The lowest BCUT2D eigenvalue weighted by Crippen LogP contribution is -2.17. The van der Waals surface area contributed by atoms with Crippen LogP contribution in [-0.2, 0) is 11.0 Å². The van der Waals surface area contributed by atoms with Crippen LogP contribution in [0.15, 0.2) is 29.2 Å². The molecule has 1 heterocycles. The Hall–Kier alpha value is -1.34. The van der Waals surface area contributed by atoms with Crippen LogP contribution in [-0.4, -0.2) is 10.2 Å². The fraction of sp³-hybridized carbons (Fsp3) is 0.0909. The Morgan fingerprint density at radius 3 is 2.50 bits per heavy atom. The number of carbonyl (C=O) groups excluding carboxylic acids is 1. The summed E-state index contributed by atoms with van der Waals surface area (Å²) >= 11 is 5.72. The zero-order chi connectivity index (χ0) is 13.3. The Balaban J connectivity index is 2.44. The SMILES string of the molecule is O=C1NC(=S)S/C1=C\c1ccccc1C(F)(F)F. The standard InChI is InChI=1S/C11H6F3NOS2/c12-11(13,14)7-4-2-1-3-6(7)5-8-9(16)15-10(17)18-8/h1-5H,(H,15,16,17)/b8-5-. The summed E-state index contributed by atoms with van der Waals surface area (Å²) < 4.78 is 38.4. The molecule has 1 aliphatic heterocycles. The van der Waals surface area contributed by atoms with E-state index >= 15 is 0 Å². The van der Waals surface area contributed by atoms with Crippen molar-refractivity contribution in [2.24, 2.45) is 0 Å². The zero-order valence-corrected chi connectivity index (χ0v) is 10.4. The monoisotopic (exact) mass is 289 g/mol. The quantitative estimate of drug-likeness (QED) is 0.636. The molecular formula is C11H6F3NOS2. The molecule has 18 heavy (non-hydrogen) atoms. The van der Waals surface area contributed by atoms with Crippen LogP contribution in [0.2, 0.25) is 0 Å². The lowest BCUT2D eigenvalue weighted by molar-refractivity contribution is -0.137. The van der Waals surface area contributed by atoms with E-state index in [2.05, 4.69) is 5.32 Å². The molecule has 2 rings (SSSR count). The summed E-state index contributed by atoms with van der Waals surface area (Å²) in [5.41, 5.74) is -0.823. The molecule has 1 fully saturated rings. The first-order valence-corrected chi connectivity index (χ1v) is 6.01. The zero-order valence-electron chi connectivity index (χ0n) is 8.75. The first-order chi connectivity index (χ1) is 8.38. The Labute approximate surface area is 110 Å². The number of rotatable bonds is 1. The van der Waals surface area contributed by atoms with E-state index in [1.54, 1.807) is 0 Å². The van der Waals surface area contributed by atoms with Crippen molar-refractivity contribution < 1.29 is 18.0 Å². The van der Waals surface area contributed by atoms with Crippen LogP contribution in [0.3, 0.4) is 0 Å². The average Bonchev–Trinajstić information content (AvgIpc) is 2.57. The van der Waals surface area contributed by atoms with E-state index in [1.807, 2.05) is 0 Å². The van der Waals surface area contributed by atoms with E-state index in [9.17, 15) is 18.0 Å². The highest BCUT2D eigenvalue weighted by molar-refractivity contribution is 8.26. The van der Waals surface area contributed by atoms with E-state index in [-0.39, 0.29) is 14.8 Å². The first-order valence-electron chi connectivity index (χ1n) is 4.79. The number of carbonyl (C=O) groups is 1. The molecule has 0 spiro atoms. The van der Waals surface area contributed by atoms with Crippen molar-refractivity contribution in [1.82, 2.24) is 5.32 Å². The molecule has 1 amide bonds. The fourth-order valence-electron chi connectivity index (χ4n) is 1.44. The normalized spacial score (nSPS) is 18.3. The second-order valence-corrected chi connectivity index (χ2v) is 5.16. The van der Waals surface area contributed by atoms with E-state index < -0.39 is 17.6 Å². The fourth-order valence-corrected chi connectivity index (χ4v) is 2.48. The van der Waals surface area contributed by atoms with Gasteiger partial charge in [-0.2, -0.15) is 13.2 Å². The summed E-state index contributed by atoms with van der Waals surface area (Å²) in [6.07, 6.45) is -3.25. The van der Waals surface area contributed by atoms with Crippen LogP contribution in [0, 0.1) is 0 Å². The highest BCUT2D eigenvalue weighted by Crippen LogP contribution is 2.34. The summed E-state index contributed by atoms with van der Waals surface area (Å²) in [6, 6.07) is 5.07. The number of benzene rings is 1. The molecule has 1 aliphatic rings. The van der Waals surface area contributed by atoms with Gasteiger partial charge < -0.3 is 5.32 Å². The van der Waals surface area contributed by atoms with Gasteiger partial charge in [0.1, 0.15) is 4.32 Å². The third kappa shape index (κ3) is 2.73. The molecule has 0 bridgehead atoms. The maximum Gasteiger partial charge on any atom is 0.416 e. The molecule has 0 saturated carbocycles.